The number of nitrogen functional groups attached to an aromatic ring is 1. The van der Waals surface area contributed by atoms with Crippen molar-refractivity contribution < 1.29 is 18.3 Å². The average Bonchev–Trinajstić information content (AvgIpc) is 2.36. The highest BCUT2D eigenvalue weighted by Crippen LogP contribution is 2.05. The normalized spacial score (nSPS) is 11.2. The van der Waals surface area contributed by atoms with Gasteiger partial charge in [0.1, 0.15) is 0 Å². The summed E-state index contributed by atoms with van der Waals surface area (Å²) in [6.07, 6.45) is -0.0999. The van der Waals surface area contributed by atoms with Crippen LogP contribution in [0.2, 0.25) is 0 Å². The SMILES string of the molecule is Nc1ccc(CNC(=O)CCS(=O)(=O)CCO)cc1. The van der Waals surface area contributed by atoms with Crippen LogP contribution < -0.4 is 11.1 Å². The maximum Gasteiger partial charge on any atom is 0.221 e. The lowest BCUT2D eigenvalue weighted by Crippen LogP contribution is -2.26. The number of carbonyl (C=O) groups is 1. The molecule has 0 aromatic heterocycles. The molecule has 1 rings (SSSR count). The van der Waals surface area contributed by atoms with Crippen molar-refractivity contribution in [1.82, 2.24) is 5.32 Å². The number of hydrogen-bond acceptors (Lipinski definition) is 5. The fourth-order valence-corrected chi connectivity index (χ4v) is 2.39. The van der Waals surface area contributed by atoms with Crippen molar-refractivity contribution in [3.8, 4) is 0 Å². The molecule has 0 spiro atoms. The van der Waals surface area contributed by atoms with Crippen LogP contribution in [0.25, 0.3) is 0 Å². The zero-order valence-electron chi connectivity index (χ0n) is 10.5. The monoisotopic (exact) mass is 286 g/mol. The predicted octanol–water partition coefficient (Wildman–Crippen LogP) is -0.318. The molecule has 0 aliphatic rings. The Bertz CT molecular complexity index is 511. The van der Waals surface area contributed by atoms with Crippen molar-refractivity contribution in [2.45, 2.75) is 13.0 Å². The molecule has 0 radical (unpaired) electrons. The number of benzene rings is 1. The third-order valence-corrected chi connectivity index (χ3v) is 4.14. The van der Waals surface area contributed by atoms with Crippen LogP contribution in [0.3, 0.4) is 0 Å². The number of aliphatic hydroxyl groups is 1. The van der Waals surface area contributed by atoms with Gasteiger partial charge in [-0.25, -0.2) is 8.42 Å². The Morgan fingerprint density at radius 1 is 1.21 bits per heavy atom. The van der Waals surface area contributed by atoms with Gasteiger partial charge in [0, 0.05) is 18.7 Å². The third-order valence-electron chi connectivity index (χ3n) is 2.51. The summed E-state index contributed by atoms with van der Waals surface area (Å²) in [5, 5.41) is 11.2. The molecule has 0 saturated carbocycles. The molecule has 0 unspecified atom stereocenters. The molecule has 0 heterocycles. The number of nitrogens with two attached hydrogens (primary N) is 1. The Hall–Kier alpha value is -1.60. The van der Waals surface area contributed by atoms with Crippen molar-refractivity contribution in [2.75, 3.05) is 23.8 Å². The van der Waals surface area contributed by atoms with Crippen molar-refractivity contribution >= 4 is 21.4 Å². The van der Waals surface area contributed by atoms with Gasteiger partial charge in [-0.3, -0.25) is 4.79 Å². The van der Waals surface area contributed by atoms with Crippen LogP contribution in [-0.4, -0.2) is 37.5 Å². The van der Waals surface area contributed by atoms with Crippen LogP contribution in [-0.2, 0) is 21.2 Å². The molecule has 7 heteroatoms. The molecule has 4 N–H and O–H groups in total. The van der Waals surface area contributed by atoms with Gasteiger partial charge >= 0.3 is 0 Å². The maximum atomic E-state index is 11.5. The van der Waals surface area contributed by atoms with Gasteiger partial charge in [-0.1, -0.05) is 12.1 Å². The van der Waals surface area contributed by atoms with Crippen LogP contribution in [0.4, 0.5) is 5.69 Å². The first kappa shape index (κ1) is 15.5. The van der Waals surface area contributed by atoms with Crippen molar-refractivity contribution in [2.24, 2.45) is 0 Å². The maximum absolute atomic E-state index is 11.5. The second-order valence-electron chi connectivity index (χ2n) is 4.14. The topological polar surface area (TPSA) is 109 Å². The Labute approximate surface area is 112 Å². The summed E-state index contributed by atoms with van der Waals surface area (Å²) >= 11 is 0. The van der Waals surface area contributed by atoms with E-state index < -0.39 is 16.4 Å². The van der Waals surface area contributed by atoms with Gasteiger partial charge in [-0.2, -0.15) is 0 Å². The second kappa shape index (κ2) is 7.10. The van der Waals surface area contributed by atoms with Gasteiger partial charge in [0.05, 0.1) is 18.1 Å². The number of nitrogens with one attached hydrogen (secondary N) is 1. The molecule has 0 bridgehead atoms. The lowest BCUT2D eigenvalue weighted by Gasteiger charge is -2.06. The first-order valence-electron chi connectivity index (χ1n) is 5.85. The number of sulfone groups is 1. The Morgan fingerprint density at radius 2 is 1.84 bits per heavy atom. The smallest absolute Gasteiger partial charge is 0.221 e. The zero-order chi connectivity index (χ0) is 14.3. The van der Waals surface area contributed by atoms with Crippen LogP contribution in [0.15, 0.2) is 24.3 Å². The quantitative estimate of drug-likeness (QED) is 0.595. The number of amides is 1. The number of hydrogen-bond donors (Lipinski definition) is 3. The van der Waals surface area contributed by atoms with Crippen LogP contribution in [0, 0.1) is 0 Å². The Kier molecular flexibility index (Phi) is 5.78. The molecule has 106 valence electrons. The fraction of sp³-hybridized carbons (Fsp3) is 0.417. The van der Waals surface area contributed by atoms with Gasteiger partial charge in [0.25, 0.3) is 0 Å². The lowest BCUT2D eigenvalue weighted by molar-refractivity contribution is -0.120. The van der Waals surface area contributed by atoms with E-state index >= 15 is 0 Å². The summed E-state index contributed by atoms with van der Waals surface area (Å²) in [6.45, 7) is -0.0887. The molecule has 0 aliphatic carbocycles. The van der Waals surface area contributed by atoms with E-state index in [4.69, 9.17) is 10.8 Å². The molecule has 0 fully saturated rings. The summed E-state index contributed by atoms with van der Waals surface area (Å²) in [6, 6.07) is 7.04. The Morgan fingerprint density at radius 3 is 2.42 bits per heavy atom. The van der Waals surface area contributed by atoms with E-state index in [0.29, 0.717) is 12.2 Å². The highest BCUT2D eigenvalue weighted by molar-refractivity contribution is 7.91. The van der Waals surface area contributed by atoms with E-state index in [9.17, 15) is 13.2 Å². The largest absolute Gasteiger partial charge is 0.399 e. The summed E-state index contributed by atoms with van der Waals surface area (Å²) in [4.78, 5) is 11.5. The Balaban J connectivity index is 2.34. The minimum atomic E-state index is -3.34. The summed E-state index contributed by atoms with van der Waals surface area (Å²) in [5.74, 6) is -0.891. The van der Waals surface area contributed by atoms with Crippen molar-refractivity contribution in [3.05, 3.63) is 29.8 Å². The van der Waals surface area contributed by atoms with Gasteiger partial charge in [0.2, 0.25) is 5.91 Å². The molecule has 1 amide bonds. The molecule has 0 aliphatic heterocycles. The molecular formula is C12H18N2O4S. The molecule has 6 nitrogen and oxygen atoms in total. The molecule has 0 atom stereocenters. The number of carbonyl (C=O) groups excluding carboxylic acids is 1. The minimum absolute atomic E-state index is 0.0999. The van der Waals surface area contributed by atoms with Gasteiger partial charge in [-0.05, 0) is 17.7 Å². The summed E-state index contributed by atoms with van der Waals surface area (Å²) < 4.78 is 22.6. The van der Waals surface area contributed by atoms with Crippen LogP contribution in [0.1, 0.15) is 12.0 Å². The van der Waals surface area contributed by atoms with Gasteiger partial charge in [-0.15, -0.1) is 0 Å². The highest BCUT2D eigenvalue weighted by atomic mass is 32.2. The third kappa shape index (κ3) is 6.21. The predicted molar refractivity (Wildman–Crippen MR) is 73.1 cm³/mol. The van der Waals surface area contributed by atoms with Crippen LogP contribution in [0.5, 0.6) is 0 Å². The molecule has 0 saturated heterocycles. The van der Waals surface area contributed by atoms with E-state index in [-0.39, 0.29) is 23.8 Å². The van der Waals surface area contributed by atoms with Crippen molar-refractivity contribution in [3.63, 3.8) is 0 Å². The van der Waals surface area contributed by atoms with Crippen molar-refractivity contribution in [1.29, 1.82) is 0 Å². The summed E-state index contributed by atoms with van der Waals surface area (Å²) in [5.41, 5.74) is 7.07. The molecular weight excluding hydrogens is 268 g/mol. The van der Waals surface area contributed by atoms with E-state index in [2.05, 4.69) is 5.32 Å². The van der Waals surface area contributed by atoms with E-state index in [1.807, 2.05) is 0 Å². The number of anilines is 1. The average molecular weight is 286 g/mol. The van der Waals surface area contributed by atoms with Crippen LogP contribution >= 0.6 is 0 Å². The molecule has 1 aromatic carbocycles. The van der Waals surface area contributed by atoms with E-state index in [0.717, 1.165) is 5.56 Å². The minimum Gasteiger partial charge on any atom is -0.399 e. The second-order valence-corrected chi connectivity index (χ2v) is 6.45. The standard InChI is InChI=1S/C12H18N2O4S/c13-11-3-1-10(2-4-11)9-14-12(16)5-7-19(17,18)8-6-15/h1-4,15H,5-9,13H2,(H,14,16). The van der Waals surface area contributed by atoms with E-state index in [1.54, 1.807) is 24.3 Å². The summed E-state index contributed by atoms with van der Waals surface area (Å²) in [7, 11) is -3.34. The van der Waals surface area contributed by atoms with E-state index in [1.165, 1.54) is 0 Å². The zero-order valence-corrected chi connectivity index (χ0v) is 11.3. The highest BCUT2D eigenvalue weighted by Gasteiger charge is 2.12. The molecule has 19 heavy (non-hydrogen) atoms. The lowest BCUT2D eigenvalue weighted by atomic mass is 10.2. The first-order chi connectivity index (χ1) is 8.93. The molecule has 1 aromatic rings. The number of aliphatic hydroxyl groups excluding tert-OH is 1. The van der Waals surface area contributed by atoms with Gasteiger partial charge in [0.15, 0.2) is 9.84 Å². The fourth-order valence-electron chi connectivity index (χ4n) is 1.41. The van der Waals surface area contributed by atoms with Gasteiger partial charge < -0.3 is 16.2 Å². The first-order valence-corrected chi connectivity index (χ1v) is 7.67. The number of rotatable bonds is 7.